The molecule has 0 amide bonds. The Morgan fingerprint density at radius 3 is 2.33 bits per heavy atom. The smallest absolute Gasteiger partial charge is 0.337 e. The Kier molecular flexibility index (Phi) is 3.90. The van der Waals surface area contributed by atoms with Gasteiger partial charge < -0.3 is 9.67 Å². The second-order valence-electron chi connectivity index (χ2n) is 5.68. The topological polar surface area (TPSA) is 59.3 Å². The number of benzene rings is 1. The standard InChI is InChI=1S/C17H21NO3/c1-6-12-7-13-15(11(5)19)10(4)18(9(2)3)16(13)14(8-12)17(20)21/h7-9H,6H2,1-5H3,(H,20,21). The van der Waals surface area contributed by atoms with Crippen molar-refractivity contribution in [2.45, 2.75) is 47.1 Å². The highest BCUT2D eigenvalue weighted by atomic mass is 16.4. The van der Waals surface area contributed by atoms with Gasteiger partial charge in [-0.2, -0.15) is 0 Å². The van der Waals surface area contributed by atoms with E-state index in [1.165, 1.54) is 6.92 Å². The number of hydrogen-bond acceptors (Lipinski definition) is 2. The molecule has 1 aromatic heterocycles. The van der Waals surface area contributed by atoms with Crippen LogP contribution in [0.5, 0.6) is 0 Å². The van der Waals surface area contributed by atoms with Crippen molar-refractivity contribution in [2.24, 2.45) is 0 Å². The summed E-state index contributed by atoms with van der Waals surface area (Å²) < 4.78 is 1.95. The molecule has 4 heteroatoms. The summed E-state index contributed by atoms with van der Waals surface area (Å²) in [5, 5.41) is 10.3. The summed E-state index contributed by atoms with van der Waals surface area (Å²) in [6.45, 7) is 9.39. The molecule has 0 saturated carbocycles. The van der Waals surface area contributed by atoms with E-state index in [0.717, 1.165) is 23.1 Å². The van der Waals surface area contributed by atoms with Gasteiger partial charge in [0.2, 0.25) is 0 Å². The van der Waals surface area contributed by atoms with Crippen LogP contribution in [0.25, 0.3) is 10.9 Å². The molecule has 2 aromatic rings. The van der Waals surface area contributed by atoms with Gasteiger partial charge in [-0.1, -0.05) is 6.92 Å². The monoisotopic (exact) mass is 287 g/mol. The van der Waals surface area contributed by atoms with Crippen LogP contribution in [0.1, 0.15) is 65.7 Å². The number of carboxylic acids is 1. The maximum atomic E-state index is 12.0. The van der Waals surface area contributed by atoms with E-state index in [1.807, 2.05) is 38.3 Å². The number of aromatic carboxylic acids is 1. The minimum Gasteiger partial charge on any atom is -0.478 e. The number of aromatic nitrogens is 1. The summed E-state index contributed by atoms with van der Waals surface area (Å²) in [7, 11) is 0. The molecule has 1 aromatic carbocycles. The fourth-order valence-corrected chi connectivity index (χ4v) is 3.08. The Bertz CT molecular complexity index is 738. The van der Waals surface area contributed by atoms with Gasteiger partial charge in [0.15, 0.2) is 5.78 Å². The first-order valence-electron chi connectivity index (χ1n) is 7.21. The van der Waals surface area contributed by atoms with Gasteiger partial charge in [0, 0.05) is 22.7 Å². The van der Waals surface area contributed by atoms with E-state index >= 15 is 0 Å². The lowest BCUT2D eigenvalue weighted by Crippen LogP contribution is -2.08. The molecule has 21 heavy (non-hydrogen) atoms. The Balaban J connectivity index is 3.06. The Morgan fingerprint density at radius 1 is 1.29 bits per heavy atom. The molecular weight excluding hydrogens is 266 g/mol. The first-order valence-corrected chi connectivity index (χ1v) is 7.21. The van der Waals surface area contributed by atoms with Gasteiger partial charge in [0.25, 0.3) is 0 Å². The average molecular weight is 287 g/mol. The highest BCUT2D eigenvalue weighted by Gasteiger charge is 2.23. The molecule has 1 N–H and O–H groups in total. The van der Waals surface area contributed by atoms with Crippen LogP contribution in [0.3, 0.4) is 0 Å². The van der Waals surface area contributed by atoms with Crippen molar-refractivity contribution in [1.82, 2.24) is 4.57 Å². The fourth-order valence-electron chi connectivity index (χ4n) is 3.08. The molecule has 0 aliphatic carbocycles. The van der Waals surface area contributed by atoms with E-state index in [9.17, 15) is 14.7 Å². The lowest BCUT2D eigenvalue weighted by molar-refractivity contribution is 0.0698. The van der Waals surface area contributed by atoms with E-state index in [1.54, 1.807) is 6.07 Å². The van der Waals surface area contributed by atoms with Gasteiger partial charge >= 0.3 is 5.97 Å². The molecule has 0 spiro atoms. The number of nitrogens with zero attached hydrogens (tertiary/aromatic N) is 1. The van der Waals surface area contributed by atoms with Crippen molar-refractivity contribution < 1.29 is 14.7 Å². The van der Waals surface area contributed by atoms with Crippen molar-refractivity contribution in [3.05, 3.63) is 34.5 Å². The van der Waals surface area contributed by atoms with Crippen LogP contribution in [0.2, 0.25) is 0 Å². The highest BCUT2D eigenvalue weighted by Crippen LogP contribution is 2.33. The number of hydrogen-bond donors (Lipinski definition) is 1. The molecule has 4 nitrogen and oxygen atoms in total. The van der Waals surface area contributed by atoms with Gasteiger partial charge in [-0.3, -0.25) is 4.79 Å². The second kappa shape index (κ2) is 5.35. The summed E-state index contributed by atoms with van der Waals surface area (Å²) >= 11 is 0. The molecule has 0 aliphatic heterocycles. The molecule has 0 atom stereocenters. The SMILES string of the molecule is CCc1cc(C(=O)O)c2c(c1)c(C(C)=O)c(C)n2C(C)C. The predicted molar refractivity (Wildman–Crippen MR) is 83.4 cm³/mol. The number of rotatable bonds is 4. The zero-order valence-electron chi connectivity index (χ0n) is 13.2. The quantitative estimate of drug-likeness (QED) is 0.865. The molecule has 1 heterocycles. The summed E-state index contributed by atoms with van der Waals surface area (Å²) in [5.74, 6) is -0.980. The van der Waals surface area contributed by atoms with Crippen LogP contribution < -0.4 is 0 Å². The number of aryl methyl sites for hydroxylation is 1. The predicted octanol–water partition coefficient (Wildman–Crippen LogP) is 3.99. The molecule has 0 aliphatic rings. The molecule has 2 rings (SSSR count). The summed E-state index contributed by atoms with van der Waals surface area (Å²) in [6, 6.07) is 3.75. The fraction of sp³-hybridized carbons (Fsp3) is 0.412. The lowest BCUT2D eigenvalue weighted by Gasteiger charge is -2.14. The van der Waals surface area contributed by atoms with E-state index in [4.69, 9.17) is 0 Å². The molecule has 0 saturated heterocycles. The zero-order valence-corrected chi connectivity index (χ0v) is 13.2. The van der Waals surface area contributed by atoms with Crippen LogP contribution in [0.15, 0.2) is 12.1 Å². The van der Waals surface area contributed by atoms with Gasteiger partial charge in [-0.25, -0.2) is 4.79 Å². The van der Waals surface area contributed by atoms with Crippen LogP contribution >= 0.6 is 0 Å². The Labute approximate surface area is 124 Å². The molecule has 112 valence electrons. The number of carbonyl (C=O) groups excluding carboxylic acids is 1. The maximum absolute atomic E-state index is 12.0. The summed E-state index contributed by atoms with van der Waals surface area (Å²) in [5.41, 5.74) is 3.33. The van der Waals surface area contributed by atoms with Crippen LogP contribution in [0, 0.1) is 6.92 Å². The summed E-state index contributed by atoms with van der Waals surface area (Å²) in [6.07, 6.45) is 0.736. The molecule has 0 bridgehead atoms. The average Bonchev–Trinajstić information content (AvgIpc) is 2.68. The first-order chi connectivity index (χ1) is 9.79. The van der Waals surface area contributed by atoms with Crippen molar-refractivity contribution in [3.8, 4) is 0 Å². The summed E-state index contributed by atoms with van der Waals surface area (Å²) in [4.78, 5) is 23.7. The second-order valence-corrected chi connectivity index (χ2v) is 5.68. The minimum atomic E-state index is -0.954. The van der Waals surface area contributed by atoms with Crippen LogP contribution in [0.4, 0.5) is 0 Å². The molecular formula is C17H21NO3. The minimum absolute atomic E-state index is 0.0264. The van der Waals surface area contributed by atoms with E-state index < -0.39 is 5.97 Å². The number of carboxylic acid groups (broad SMARTS) is 1. The molecule has 0 unspecified atom stereocenters. The molecule has 0 fully saturated rings. The number of carbonyl (C=O) groups is 2. The van der Waals surface area contributed by atoms with Crippen molar-refractivity contribution in [3.63, 3.8) is 0 Å². The number of ketones is 1. The highest BCUT2D eigenvalue weighted by molar-refractivity contribution is 6.13. The molecule has 0 radical (unpaired) electrons. The van der Waals surface area contributed by atoms with E-state index in [0.29, 0.717) is 11.1 Å². The largest absolute Gasteiger partial charge is 0.478 e. The maximum Gasteiger partial charge on any atom is 0.337 e. The van der Waals surface area contributed by atoms with E-state index in [-0.39, 0.29) is 17.4 Å². The van der Waals surface area contributed by atoms with Gasteiger partial charge in [-0.15, -0.1) is 0 Å². The normalized spacial score (nSPS) is 11.3. The van der Waals surface area contributed by atoms with Gasteiger partial charge in [0.1, 0.15) is 0 Å². The third kappa shape index (κ3) is 2.35. The number of fused-ring (bicyclic) bond motifs is 1. The third-order valence-electron chi connectivity index (χ3n) is 3.91. The van der Waals surface area contributed by atoms with Crippen LogP contribution in [-0.2, 0) is 6.42 Å². The van der Waals surface area contributed by atoms with Gasteiger partial charge in [0.05, 0.1) is 11.1 Å². The number of Topliss-reactive ketones (excluding diaryl/α,β-unsaturated/α-hetero) is 1. The van der Waals surface area contributed by atoms with E-state index in [2.05, 4.69) is 0 Å². The van der Waals surface area contributed by atoms with Gasteiger partial charge in [-0.05, 0) is 51.8 Å². The Hall–Kier alpha value is -2.10. The Morgan fingerprint density at radius 2 is 1.90 bits per heavy atom. The zero-order chi connectivity index (χ0) is 15.9. The lowest BCUT2D eigenvalue weighted by atomic mass is 10.0. The van der Waals surface area contributed by atoms with Crippen LogP contribution in [-0.4, -0.2) is 21.4 Å². The van der Waals surface area contributed by atoms with Crippen molar-refractivity contribution >= 4 is 22.7 Å². The third-order valence-corrected chi connectivity index (χ3v) is 3.91. The van der Waals surface area contributed by atoms with Crippen molar-refractivity contribution in [2.75, 3.05) is 0 Å². The van der Waals surface area contributed by atoms with Crippen molar-refractivity contribution in [1.29, 1.82) is 0 Å². The first kappa shape index (κ1) is 15.3.